The van der Waals surface area contributed by atoms with Crippen molar-refractivity contribution in [2.24, 2.45) is 0 Å². The Kier molecular flexibility index (Phi) is 5.31. The van der Waals surface area contributed by atoms with Crippen LogP contribution < -0.4 is 10.2 Å². The van der Waals surface area contributed by atoms with Crippen molar-refractivity contribution in [3.05, 3.63) is 65.2 Å². The fraction of sp³-hybridized carbons (Fsp3) is 0.217. The van der Waals surface area contributed by atoms with Gasteiger partial charge in [0.05, 0.1) is 30.0 Å². The number of morpholine rings is 1. The Morgan fingerprint density at radius 2 is 1.90 bits per heavy atom. The number of carbonyl (C=O) groups excluding carboxylic acids is 1. The Balaban J connectivity index is 1.49. The van der Waals surface area contributed by atoms with Crippen LogP contribution in [0.15, 0.2) is 54.6 Å². The van der Waals surface area contributed by atoms with Gasteiger partial charge in [0.1, 0.15) is 5.01 Å². The van der Waals surface area contributed by atoms with E-state index in [4.69, 9.17) is 9.72 Å². The third kappa shape index (κ3) is 4.12. The number of amides is 1. The summed E-state index contributed by atoms with van der Waals surface area (Å²) in [5.41, 5.74) is 4.17. The van der Waals surface area contributed by atoms with Crippen molar-refractivity contribution in [2.45, 2.75) is 6.92 Å². The molecular weight excluding hydrogens is 410 g/mol. The Hall–Kier alpha value is -3.36. The predicted molar refractivity (Wildman–Crippen MR) is 123 cm³/mol. The van der Waals surface area contributed by atoms with Gasteiger partial charge in [0.15, 0.2) is 0 Å². The third-order valence-electron chi connectivity index (χ3n) is 5.23. The molecule has 0 radical (unpaired) electrons. The van der Waals surface area contributed by atoms with Crippen LogP contribution in [0.2, 0.25) is 0 Å². The fourth-order valence-electron chi connectivity index (χ4n) is 3.69. The van der Waals surface area contributed by atoms with Crippen LogP contribution in [0.3, 0.4) is 0 Å². The SMILES string of the molecule is Cc1nnc(NC(=O)c2cccc3ccc(-c4cccc(N5CCOCC5)c4)nc23)s1. The maximum atomic E-state index is 12.9. The maximum absolute atomic E-state index is 12.9. The quantitative estimate of drug-likeness (QED) is 0.523. The standard InChI is InChI=1S/C23H21N5O2S/c1-15-26-27-23(31-15)25-22(29)19-7-3-4-16-8-9-20(24-21(16)19)17-5-2-6-18(14-17)28-10-12-30-13-11-28/h2-9,14H,10-13H2,1H3,(H,25,27,29). The normalized spacial score (nSPS) is 14.0. The number of pyridine rings is 1. The number of nitrogens with zero attached hydrogens (tertiary/aromatic N) is 4. The van der Waals surface area contributed by atoms with Gasteiger partial charge in [0.25, 0.3) is 5.91 Å². The number of aryl methyl sites for hydroxylation is 1. The Labute approximate surface area is 183 Å². The fourth-order valence-corrected chi connectivity index (χ4v) is 4.27. The first-order valence-corrected chi connectivity index (χ1v) is 10.9. The van der Waals surface area contributed by atoms with Gasteiger partial charge >= 0.3 is 0 Å². The molecule has 4 aromatic rings. The second kappa shape index (κ2) is 8.41. The molecule has 0 bridgehead atoms. The van der Waals surface area contributed by atoms with Crippen LogP contribution in [0.1, 0.15) is 15.4 Å². The second-order valence-electron chi connectivity index (χ2n) is 7.30. The molecule has 8 heteroatoms. The van der Waals surface area contributed by atoms with Crippen LogP contribution >= 0.6 is 11.3 Å². The number of hydrogen-bond donors (Lipinski definition) is 1. The number of aromatic nitrogens is 3. The zero-order valence-electron chi connectivity index (χ0n) is 17.0. The van der Waals surface area contributed by atoms with E-state index in [1.165, 1.54) is 11.3 Å². The van der Waals surface area contributed by atoms with E-state index in [0.717, 1.165) is 53.6 Å². The molecule has 7 nitrogen and oxygen atoms in total. The summed E-state index contributed by atoms with van der Waals surface area (Å²) in [4.78, 5) is 20.1. The van der Waals surface area contributed by atoms with E-state index in [0.29, 0.717) is 16.2 Å². The van der Waals surface area contributed by atoms with Gasteiger partial charge in [0, 0.05) is 29.7 Å². The van der Waals surface area contributed by atoms with Gasteiger partial charge in [-0.1, -0.05) is 41.7 Å². The smallest absolute Gasteiger partial charge is 0.259 e. The van der Waals surface area contributed by atoms with E-state index >= 15 is 0 Å². The number of fused-ring (bicyclic) bond motifs is 1. The van der Waals surface area contributed by atoms with Gasteiger partial charge in [0.2, 0.25) is 5.13 Å². The highest BCUT2D eigenvalue weighted by Crippen LogP contribution is 2.27. The zero-order valence-corrected chi connectivity index (χ0v) is 17.9. The van der Waals surface area contributed by atoms with E-state index in [9.17, 15) is 4.79 Å². The van der Waals surface area contributed by atoms with Crippen molar-refractivity contribution in [1.82, 2.24) is 15.2 Å². The number of nitrogens with one attached hydrogen (secondary N) is 1. The molecule has 1 saturated heterocycles. The molecule has 0 unspecified atom stereocenters. The number of para-hydroxylation sites is 1. The number of carbonyl (C=O) groups is 1. The van der Waals surface area contributed by atoms with E-state index in [1.807, 2.05) is 43.3 Å². The molecule has 31 heavy (non-hydrogen) atoms. The van der Waals surface area contributed by atoms with Crippen LogP contribution in [0.4, 0.5) is 10.8 Å². The average Bonchev–Trinajstić information content (AvgIpc) is 3.23. The van der Waals surface area contributed by atoms with Crippen LogP contribution in [0, 0.1) is 6.92 Å². The van der Waals surface area contributed by atoms with E-state index in [1.54, 1.807) is 6.07 Å². The summed E-state index contributed by atoms with van der Waals surface area (Å²) in [5, 5.41) is 13.0. The van der Waals surface area contributed by atoms with Gasteiger partial charge in [-0.25, -0.2) is 4.98 Å². The van der Waals surface area contributed by atoms with Crippen molar-refractivity contribution >= 4 is 39.0 Å². The lowest BCUT2D eigenvalue weighted by atomic mass is 10.1. The minimum atomic E-state index is -0.242. The van der Waals surface area contributed by atoms with E-state index in [-0.39, 0.29) is 5.91 Å². The van der Waals surface area contributed by atoms with Gasteiger partial charge in [-0.3, -0.25) is 10.1 Å². The highest BCUT2D eigenvalue weighted by atomic mass is 32.1. The maximum Gasteiger partial charge on any atom is 0.259 e. The summed E-state index contributed by atoms with van der Waals surface area (Å²) in [6.45, 7) is 5.09. The molecule has 156 valence electrons. The first kappa shape index (κ1) is 19.6. The van der Waals surface area contributed by atoms with Gasteiger partial charge in [-0.2, -0.15) is 0 Å². The number of ether oxygens (including phenoxy) is 1. The molecule has 1 aliphatic heterocycles. The molecule has 0 spiro atoms. The summed E-state index contributed by atoms with van der Waals surface area (Å²) in [6.07, 6.45) is 0. The molecule has 1 fully saturated rings. The molecule has 1 amide bonds. The molecule has 3 heterocycles. The lowest BCUT2D eigenvalue weighted by Gasteiger charge is -2.29. The van der Waals surface area contributed by atoms with Gasteiger partial charge < -0.3 is 9.64 Å². The van der Waals surface area contributed by atoms with Crippen molar-refractivity contribution in [1.29, 1.82) is 0 Å². The summed E-state index contributed by atoms with van der Waals surface area (Å²) < 4.78 is 5.46. The highest BCUT2D eigenvalue weighted by molar-refractivity contribution is 7.15. The number of anilines is 2. The first-order valence-electron chi connectivity index (χ1n) is 10.1. The van der Waals surface area contributed by atoms with Crippen LogP contribution in [-0.4, -0.2) is 47.4 Å². The van der Waals surface area contributed by atoms with Crippen LogP contribution in [0.25, 0.3) is 22.2 Å². The largest absolute Gasteiger partial charge is 0.378 e. The number of benzene rings is 2. The molecule has 0 aliphatic carbocycles. The van der Waals surface area contributed by atoms with Crippen LogP contribution in [0.5, 0.6) is 0 Å². The molecule has 5 rings (SSSR count). The monoisotopic (exact) mass is 431 g/mol. The summed E-state index contributed by atoms with van der Waals surface area (Å²) in [5.74, 6) is -0.242. The van der Waals surface area contributed by atoms with Crippen molar-refractivity contribution < 1.29 is 9.53 Å². The Morgan fingerprint density at radius 1 is 1.06 bits per heavy atom. The lowest BCUT2D eigenvalue weighted by molar-refractivity contribution is 0.102. The minimum absolute atomic E-state index is 0.242. The zero-order chi connectivity index (χ0) is 21.2. The number of rotatable bonds is 4. The average molecular weight is 432 g/mol. The molecule has 2 aromatic heterocycles. The third-order valence-corrected chi connectivity index (χ3v) is 5.98. The summed E-state index contributed by atoms with van der Waals surface area (Å²) in [6, 6.07) is 18.0. The molecule has 1 N–H and O–H groups in total. The molecule has 0 saturated carbocycles. The summed E-state index contributed by atoms with van der Waals surface area (Å²) >= 11 is 1.34. The molecule has 1 aliphatic rings. The first-order chi connectivity index (χ1) is 15.2. The van der Waals surface area contributed by atoms with Crippen molar-refractivity contribution in [2.75, 3.05) is 36.5 Å². The van der Waals surface area contributed by atoms with Crippen LogP contribution in [-0.2, 0) is 4.74 Å². The van der Waals surface area contributed by atoms with Crippen molar-refractivity contribution in [3.8, 4) is 11.3 Å². The van der Waals surface area contributed by atoms with Gasteiger partial charge in [-0.15, -0.1) is 10.2 Å². The van der Waals surface area contributed by atoms with Gasteiger partial charge in [-0.05, 0) is 31.2 Å². The predicted octanol–water partition coefficient (Wildman–Crippen LogP) is 4.15. The topological polar surface area (TPSA) is 80.2 Å². The van der Waals surface area contributed by atoms with Crippen molar-refractivity contribution in [3.63, 3.8) is 0 Å². The lowest BCUT2D eigenvalue weighted by Crippen LogP contribution is -2.36. The van der Waals surface area contributed by atoms with E-state index < -0.39 is 0 Å². The van der Waals surface area contributed by atoms with E-state index in [2.05, 4.69) is 32.5 Å². The molecule has 0 atom stereocenters. The highest BCUT2D eigenvalue weighted by Gasteiger charge is 2.15. The summed E-state index contributed by atoms with van der Waals surface area (Å²) in [7, 11) is 0. The Bertz CT molecular complexity index is 1250. The molecule has 2 aromatic carbocycles. The minimum Gasteiger partial charge on any atom is -0.378 e. The Morgan fingerprint density at radius 3 is 2.71 bits per heavy atom. The number of hydrogen-bond acceptors (Lipinski definition) is 7. The second-order valence-corrected chi connectivity index (χ2v) is 8.49. The molecular formula is C23H21N5O2S.